The number of nitro benzene ring substituents is 1. The average molecular weight is 369 g/mol. The molecule has 0 saturated carbocycles. The molecule has 3 rings (SSSR count). The van der Waals surface area contributed by atoms with Crippen molar-refractivity contribution in [3.8, 4) is 5.75 Å². The number of hydrogen-bond donors (Lipinski definition) is 1. The van der Waals surface area contributed by atoms with Gasteiger partial charge in [-0.25, -0.2) is 0 Å². The van der Waals surface area contributed by atoms with E-state index in [0.29, 0.717) is 17.1 Å². The van der Waals surface area contributed by atoms with Crippen LogP contribution in [0.5, 0.6) is 5.75 Å². The van der Waals surface area contributed by atoms with Crippen molar-refractivity contribution in [2.45, 2.75) is 32.8 Å². The number of anilines is 2. The second kappa shape index (κ2) is 8.07. The van der Waals surface area contributed by atoms with E-state index < -0.39 is 4.92 Å². The Hall–Kier alpha value is -3.09. The number of nitrogens with zero attached hydrogens (tertiary/aromatic N) is 2. The molecular formula is C20H23N3O4. The summed E-state index contributed by atoms with van der Waals surface area (Å²) in [5.41, 5.74) is 1.39. The minimum atomic E-state index is -0.428. The molecule has 1 saturated heterocycles. The van der Waals surface area contributed by atoms with Gasteiger partial charge in [-0.15, -0.1) is 0 Å². The molecule has 0 spiro atoms. The quantitative estimate of drug-likeness (QED) is 0.608. The van der Waals surface area contributed by atoms with E-state index in [-0.39, 0.29) is 23.3 Å². The number of benzene rings is 2. The monoisotopic (exact) mass is 369 g/mol. The molecule has 1 aliphatic heterocycles. The van der Waals surface area contributed by atoms with Crippen LogP contribution in [0.4, 0.5) is 17.1 Å². The SMILES string of the molecule is CC(C)Oc1ccc(NC(=O)c2ccc(N3CCCC3)c([N+](=O)[O-])c2)cc1. The lowest BCUT2D eigenvalue weighted by Crippen LogP contribution is -2.19. The molecule has 1 fully saturated rings. The van der Waals surface area contributed by atoms with Gasteiger partial charge in [0.25, 0.3) is 11.6 Å². The molecular weight excluding hydrogens is 346 g/mol. The number of amides is 1. The summed E-state index contributed by atoms with van der Waals surface area (Å²) in [6.45, 7) is 5.48. The number of rotatable bonds is 6. The van der Waals surface area contributed by atoms with Crippen LogP contribution in [0.1, 0.15) is 37.0 Å². The van der Waals surface area contributed by atoms with Crippen LogP contribution in [0.3, 0.4) is 0 Å². The zero-order valence-electron chi connectivity index (χ0n) is 15.5. The van der Waals surface area contributed by atoms with E-state index in [1.165, 1.54) is 6.07 Å². The van der Waals surface area contributed by atoms with Gasteiger partial charge in [0.2, 0.25) is 0 Å². The predicted octanol–water partition coefficient (Wildman–Crippen LogP) is 4.23. The number of nitro groups is 1. The zero-order chi connectivity index (χ0) is 19.4. The topological polar surface area (TPSA) is 84.7 Å². The van der Waals surface area contributed by atoms with Crippen LogP contribution in [-0.2, 0) is 0 Å². The number of carbonyl (C=O) groups is 1. The Bertz CT molecular complexity index is 828. The molecule has 0 aliphatic carbocycles. The maximum atomic E-state index is 12.5. The lowest BCUT2D eigenvalue weighted by molar-refractivity contribution is -0.384. The molecule has 2 aromatic carbocycles. The Morgan fingerprint density at radius 3 is 2.41 bits per heavy atom. The molecule has 0 bridgehead atoms. The third-order valence-electron chi connectivity index (χ3n) is 4.37. The van der Waals surface area contributed by atoms with Crippen LogP contribution in [-0.4, -0.2) is 30.0 Å². The first-order valence-electron chi connectivity index (χ1n) is 9.05. The largest absolute Gasteiger partial charge is 0.491 e. The first kappa shape index (κ1) is 18.7. The van der Waals surface area contributed by atoms with Gasteiger partial charge in [-0.05, 0) is 63.1 Å². The van der Waals surface area contributed by atoms with E-state index in [0.717, 1.165) is 25.9 Å². The van der Waals surface area contributed by atoms with Gasteiger partial charge in [0.05, 0.1) is 11.0 Å². The molecule has 142 valence electrons. The van der Waals surface area contributed by atoms with Gasteiger partial charge in [-0.3, -0.25) is 14.9 Å². The van der Waals surface area contributed by atoms with Gasteiger partial charge in [0.15, 0.2) is 0 Å². The fourth-order valence-corrected chi connectivity index (χ4v) is 3.13. The number of ether oxygens (including phenoxy) is 1. The standard InChI is InChI=1S/C20H23N3O4/c1-14(2)27-17-8-6-16(7-9-17)21-20(24)15-5-10-18(19(13-15)23(25)26)22-11-3-4-12-22/h5-10,13-14H,3-4,11-12H2,1-2H3,(H,21,24). The minimum Gasteiger partial charge on any atom is -0.491 e. The van der Waals surface area contributed by atoms with Crippen molar-refractivity contribution in [2.75, 3.05) is 23.3 Å². The fourth-order valence-electron chi connectivity index (χ4n) is 3.13. The summed E-state index contributed by atoms with van der Waals surface area (Å²) in [5, 5.41) is 14.2. The lowest BCUT2D eigenvalue weighted by atomic mass is 10.1. The second-order valence-corrected chi connectivity index (χ2v) is 6.80. The summed E-state index contributed by atoms with van der Waals surface area (Å²) in [4.78, 5) is 25.5. The molecule has 1 N–H and O–H groups in total. The van der Waals surface area contributed by atoms with E-state index >= 15 is 0 Å². The zero-order valence-corrected chi connectivity index (χ0v) is 15.5. The maximum Gasteiger partial charge on any atom is 0.293 e. The van der Waals surface area contributed by atoms with Crippen LogP contribution in [0, 0.1) is 10.1 Å². The molecule has 2 aromatic rings. The predicted molar refractivity (Wildman–Crippen MR) is 105 cm³/mol. The molecule has 1 amide bonds. The summed E-state index contributed by atoms with van der Waals surface area (Å²) in [6.07, 6.45) is 2.12. The summed E-state index contributed by atoms with van der Waals surface area (Å²) in [5.74, 6) is 0.331. The summed E-state index contributed by atoms with van der Waals surface area (Å²) < 4.78 is 5.57. The van der Waals surface area contributed by atoms with Gasteiger partial charge in [0, 0.05) is 30.4 Å². The van der Waals surface area contributed by atoms with Crippen molar-refractivity contribution in [1.29, 1.82) is 0 Å². The number of hydrogen-bond acceptors (Lipinski definition) is 5. The Morgan fingerprint density at radius 1 is 1.15 bits per heavy atom. The summed E-state index contributed by atoms with van der Waals surface area (Å²) in [6, 6.07) is 11.7. The Labute approximate surface area is 158 Å². The third kappa shape index (κ3) is 4.55. The smallest absolute Gasteiger partial charge is 0.293 e. The van der Waals surface area contributed by atoms with Crippen molar-refractivity contribution in [3.05, 3.63) is 58.1 Å². The van der Waals surface area contributed by atoms with Crippen molar-refractivity contribution in [1.82, 2.24) is 0 Å². The normalized spacial score (nSPS) is 13.7. The summed E-state index contributed by atoms with van der Waals surface area (Å²) in [7, 11) is 0. The number of carbonyl (C=O) groups excluding carboxylic acids is 1. The molecule has 1 heterocycles. The molecule has 0 aromatic heterocycles. The first-order chi connectivity index (χ1) is 12.9. The van der Waals surface area contributed by atoms with Gasteiger partial charge < -0.3 is 15.0 Å². The molecule has 7 nitrogen and oxygen atoms in total. The molecule has 0 radical (unpaired) electrons. The van der Waals surface area contributed by atoms with Gasteiger partial charge in [-0.2, -0.15) is 0 Å². The van der Waals surface area contributed by atoms with Crippen LogP contribution in [0.15, 0.2) is 42.5 Å². The second-order valence-electron chi connectivity index (χ2n) is 6.80. The van der Waals surface area contributed by atoms with E-state index in [2.05, 4.69) is 5.32 Å². The summed E-state index contributed by atoms with van der Waals surface area (Å²) >= 11 is 0. The highest BCUT2D eigenvalue weighted by molar-refractivity contribution is 6.05. The molecule has 1 aliphatic rings. The van der Waals surface area contributed by atoms with Gasteiger partial charge >= 0.3 is 0 Å². The van der Waals surface area contributed by atoms with Crippen LogP contribution in [0.2, 0.25) is 0 Å². The molecule has 0 atom stereocenters. The molecule has 7 heteroatoms. The van der Waals surface area contributed by atoms with Crippen LogP contribution >= 0.6 is 0 Å². The first-order valence-corrected chi connectivity index (χ1v) is 9.05. The van der Waals surface area contributed by atoms with E-state index in [1.54, 1.807) is 36.4 Å². The maximum absolute atomic E-state index is 12.5. The van der Waals surface area contributed by atoms with Crippen molar-refractivity contribution >= 4 is 23.0 Å². The van der Waals surface area contributed by atoms with Gasteiger partial charge in [-0.1, -0.05) is 0 Å². The highest BCUT2D eigenvalue weighted by Crippen LogP contribution is 2.32. The number of nitrogens with one attached hydrogen (secondary N) is 1. The van der Waals surface area contributed by atoms with E-state index in [9.17, 15) is 14.9 Å². The van der Waals surface area contributed by atoms with E-state index in [4.69, 9.17) is 4.74 Å². The Kier molecular flexibility index (Phi) is 5.59. The highest BCUT2D eigenvalue weighted by atomic mass is 16.6. The lowest BCUT2D eigenvalue weighted by Gasteiger charge is -2.17. The Morgan fingerprint density at radius 2 is 1.81 bits per heavy atom. The highest BCUT2D eigenvalue weighted by Gasteiger charge is 2.23. The van der Waals surface area contributed by atoms with E-state index in [1.807, 2.05) is 18.7 Å². The fraction of sp³-hybridized carbons (Fsp3) is 0.350. The van der Waals surface area contributed by atoms with Crippen molar-refractivity contribution < 1.29 is 14.5 Å². The molecule has 0 unspecified atom stereocenters. The van der Waals surface area contributed by atoms with Crippen LogP contribution in [0.25, 0.3) is 0 Å². The Balaban J connectivity index is 1.76. The van der Waals surface area contributed by atoms with Crippen LogP contribution < -0.4 is 15.0 Å². The third-order valence-corrected chi connectivity index (χ3v) is 4.37. The minimum absolute atomic E-state index is 0.0368. The molecule has 27 heavy (non-hydrogen) atoms. The average Bonchev–Trinajstić information content (AvgIpc) is 3.17. The van der Waals surface area contributed by atoms with Gasteiger partial charge in [0.1, 0.15) is 11.4 Å². The van der Waals surface area contributed by atoms with Crippen molar-refractivity contribution in [2.24, 2.45) is 0 Å². The van der Waals surface area contributed by atoms with Crippen molar-refractivity contribution in [3.63, 3.8) is 0 Å².